The Morgan fingerprint density at radius 1 is 1.15 bits per heavy atom. The van der Waals surface area contributed by atoms with Gasteiger partial charge in [-0.25, -0.2) is 0 Å². The molecule has 0 aliphatic carbocycles. The lowest BCUT2D eigenvalue weighted by molar-refractivity contribution is -0.0282. The van der Waals surface area contributed by atoms with E-state index in [-0.39, 0.29) is 0 Å². The molecule has 140 valence electrons. The number of aliphatic hydroxyl groups is 1. The molecule has 0 radical (unpaired) electrons. The Hall–Kier alpha value is -2.50. The third-order valence-corrected chi connectivity index (χ3v) is 5.30. The molecule has 2 aromatic heterocycles. The summed E-state index contributed by atoms with van der Waals surface area (Å²) in [6.45, 7) is 5.13. The van der Waals surface area contributed by atoms with Gasteiger partial charge in [-0.05, 0) is 50.1 Å². The third kappa shape index (κ3) is 3.94. The summed E-state index contributed by atoms with van der Waals surface area (Å²) in [5, 5.41) is 12.0. The van der Waals surface area contributed by atoms with Crippen molar-refractivity contribution in [2.45, 2.75) is 31.9 Å². The maximum atomic E-state index is 10.9. The van der Waals surface area contributed by atoms with E-state index >= 15 is 0 Å². The average Bonchev–Trinajstić information content (AvgIpc) is 2.71. The van der Waals surface area contributed by atoms with Crippen molar-refractivity contribution in [3.8, 4) is 5.75 Å². The van der Waals surface area contributed by atoms with Crippen LogP contribution in [-0.2, 0) is 12.1 Å². The Balaban J connectivity index is 1.42. The summed E-state index contributed by atoms with van der Waals surface area (Å²) in [6, 6.07) is 14.1. The van der Waals surface area contributed by atoms with E-state index in [0.717, 1.165) is 47.5 Å². The fraction of sp³-hybridized carbons (Fsp3) is 0.364. The zero-order chi connectivity index (χ0) is 18.7. The second-order valence-corrected chi connectivity index (χ2v) is 7.14. The van der Waals surface area contributed by atoms with E-state index in [1.165, 1.54) is 0 Å². The van der Waals surface area contributed by atoms with Crippen molar-refractivity contribution in [2.24, 2.45) is 0 Å². The van der Waals surface area contributed by atoms with Crippen LogP contribution in [0.25, 0.3) is 10.9 Å². The number of pyridine rings is 2. The van der Waals surface area contributed by atoms with Crippen molar-refractivity contribution in [1.29, 1.82) is 0 Å². The predicted molar refractivity (Wildman–Crippen MR) is 106 cm³/mol. The predicted octanol–water partition coefficient (Wildman–Crippen LogP) is 3.51. The minimum atomic E-state index is -0.767. The van der Waals surface area contributed by atoms with Crippen LogP contribution in [0.15, 0.2) is 54.9 Å². The summed E-state index contributed by atoms with van der Waals surface area (Å²) < 4.78 is 5.56. The van der Waals surface area contributed by atoms with Crippen molar-refractivity contribution in [3.63, 3.8) is 0 Å². The maximum absolute atomic E-state index is 10.9. The van der Waals surface area contributed by atoms with Crippen LogP contribution in [0, 0.1) is 0 Å². The summed E-state index contributed by atoms with van der Waals surface area (Å²) in [6.07, 6.45) is 4.94. The Labute approximate surface area is 159 Å². The van der Waals surface area contributed by atoms with Gasteiger partial charge in [0.1, 0.15) is 5.75 Å². The molecule has 0 unspecified atom stereocenters. The first-order valence-corrected chi connectivity index (χ1v) is 9.54. The first-order chi connectivity index (χ1) is 13.2. The number of nitrogens with zero attached hydrogens (tertiary/aromatic N) is 3. The van der Waals surface area contributed by atoms with E-state index in [9.17, 15) is 5.11 Å². The van der Waals surface area contributed by atoms with Gasteiger partial charge < -0.3 is 9.84 Å². The zero-order valence-corrected chi connectivity index (χ0v) is 15.6. The quantitative estimate of drug-likeness (QED) is 0.752. The molecular formula is C22H25N3O2. The summed E-state index contributed by atoms with van der Waals surface area (Å²) in [5.74, 6) is 0.880. The Kier molecular flexibility index (Phi) is 5.05. The number of hydrogen-bond acceptors (Lipinski definition) is 5. The normalized spacial score (nSPS) is 17.1. The van der Waals surface area contributed by atoms with E-state index in [1.54, 1.807) is 12.4 Å². The highest BCUT2D eigenvalue weighted by atomic mass is 16.5. The fourth-order valence-electron chi connectivity index (χ4n) is 3.73. The topological polar surface area (TPSA) is 58.5 Å². The van der Waals surface area contributed by atoms with E-state index in [4.69, 9.17) is 9.72 Å². The highest BCUT2D eigenvalue weighted by Crippen LogP contribution is 2.32. The van der Waals surface area contributed by atoms with E-state index in [0.29, 0.717) is 19.4 Å². The van der Waals surface area contributed by atoms with E-state index in [1.807, 2.05) is 37.3 Å². The second kappa shape index (κ2) is 7.62. The van der Waals surface area contributed by atoms with Crippen LogP contribution in [0.4, 0.5) is 0 Å². The fourth-order valence-corrected chi connectivity index (χ4v) is 3.73. The first-order valence-electron chi connectivity index (χ1n) is 9.54. The number of aromatic nitrogens is 2. The molecule has 0 atom stereocenters. The number of benzene rings is 1. The van der Waals surface area contributed by atoms with Crippen molar-refractivity contribution in [1.82, 2.24) is 14.9 Å². The lowest BCUT2D eigenvalue weighted by Crippen LogP contribution is -2.42. The average molecular weight is 363 g/mol. The van der Waals surface area contributed by atoms with Gasteiger partial charge in [-0.2, -0.15) is 0 Å². The number of likely N-dealkylation sites (tertiary alicyclic amines) is 1. The molecule has 0 bridgehead atoms. The van der Waals surface area contributed by atoms with Gasteiger partial charge in [0.05, 0.1) is 23.4 Å². The molecule has 3 heterocycles. The molecule has 1 saturated heterocycles. The van der Waals surface area contributed by atoms with Crippen LogP contribution >= 0.6 is 0 Å². The highest BCUT2D eigenvalue weighted by Gasteiger charge is 2.34. The lowest BCUT2D eigenvalue weighted by atomic mass is 9.85. The van der Waals surface area contributed by atoms with Gasteiger partial charge in [-0.3, -0.25) is 14.9 Å². The zero-order valence-electron chi connectivity index (χ0n) is 15.6. The van der Waals surface area contributed by atoms with Gasteiger partial charge in [0.15, 0.2) is 0 Å². The maximum Gasteiger partial charge on any atom is 0.120 e. The van der Waals surface area contributed by atoms with Gasteiger partial charge in [-0.15, -0.1) is 0 Å². The molecule has 3 aromatic rings. The molecule has 0 saturated carbocycles. The monoisotopic (exact) mass is 363 g/mol. The van der Waals surface area contributed by atoms with E-state index < -0.39 is 5.60 Å². The SMILES string of the molecule is CCOc1ccc2nc(CN3CCC(O)(c4cccnc4)CC3)ccc2c1. The summed E-state index contributed by atoms with van der Waals surface area (Å²) in [5.41, 5.74) is 2.19. The van der Waals surface area contributed by atoms with Crippen molar-refractivity contribution in [3.05, 3.63) is 66.1 Å². The molecule has 4 rings (SSSR count). The van der Waals surface area contributed by atoms with Crippen LogP contribution in [0.5, 0.6) is 5.75 Å². The number of hydrogen-bond donors (Lipinski definition) is 1. The van der Waals surface area contributed by atoms with Gasteiger partial charge in [-0.1, -0.05) is 12.1 Å². The molecule has 5 heteroatoms. The number of rotatable bonds is 5. The third-order valence-electron chi connectivity index (χ3n) is 5.30. The van der Waals surface area contributed by atoms with Gasteiger partial charge >= 0.3 is 0 Å². The molecule has 0 spiro atoms. The molecule has 1 N–H and O–H groups in total. The summed E-state index contributed by atoms with van der Waals surface area (Å²) in [4.78, 5) is 11.3. The number of piperidine rings is 1. The highest BCUT2D eigenvalue weighted by molar-refractivity contribution is 5.80. The van der Waals surface area contributed by atoms with Crippen molar-refractivity contribution in [2.75, 3.05) is 19.7 Å². The lowest BCUT2D eigenvalue weighted by Gasteiger charge is -2.38. The molecule has 27 heavy (non-hydrogen) atoms. The van der Waals surface area contributed by atoms with Gasteiger partial charge in [0, 0.05) is 43.0 Å². The van der Waals surface area contributed by atoms with Crippen LogP contribution < -0.4 is 4.74 Å². The van der Waals surface area contributed by atoms with Crippen molar-refractivity contribution < 1.29 is 9.84 Å². The van der Waals surface area contributed by atoms with Crippen molar-refractivity contribution >= 4 is 10.9 Å². The second-order valence-electron chi connectivity index (χ2n) is 7.14. The molecular weight excluding hydrogens is 338 g/mol. The minimum absolute atomic E-state index is 0.664. The van der Waals surface area contributed by atoms with Crippen LogP contribution in [-0.4, -0.2) is 39.7 Å². The van der Waals surface area contributed by atoms with Crippen LogP contribution in [0.2, 0.25) is 0 Å². The van der Waals surface area contributed by atoms with Crippen LogP contribution in [0.1, 0.15) is 31.0 Å². The minimum Gasteiger partial charge on any atom is -0.494 e. The molecule has 0 amide bonds. The van der Waals surface area contributed by atoms with Crippen LogP contribution in [0.3, 0.4) is 0 Å². The molecule has 1 aliphatic heterocycles. The molecule has 1 aliphatic rings. The molecule has 5 nitrogen and oxygen atoms in total. The summed E-state index contributed by atoms with van der Waals surface area (Å²) in [7, 11) is 0. The Bertz CT molecular complexity index is 906. The Morgan fingerprint density at radius 3 is 2.74 bits per heavy atom. The van der Waals surface area contributed by atoms with E-state index in [2.05, 4.69) is 22.0 Å². The standard InChI is InChI=1S/C22H25N3O2/c1-2-27-20-7-8-21-17(14-20)5-6-19(24-21)16-25-12-9-22(26,10-13-25)18-4-3-11-23-15-18/h3-8,11,14-15,26H,2,9-10,12-13,16H2,1H3. The first kappa shape index (κ1) is 17.9. The largest absolute Gasteiger partial charge is 0.494 e. The van der Waals surface area contributed by atoms with Gasteiger partial charge in [0.25, 0.3) is 0 Å². The summed E-state index contributed by atoms with van der Waals surface area (Å²) >= 11 is 0. The molecule has 1 fully saturated rings. The number of fused-ring (bicyclic) bond motifs is 1. The smallest absolute Gasteiger partial charge is 0.120 e. The molecule has 1 aromatic carbocycles. The van der Waals surface area contributed by atoms with Gasteiger partial charge in [0.2, 0.25) is 0 Å². The number of ether oxygens (including phenoxy) is 1. The Morgan fingerprint density at radius 2 is 2.00 bits per heavy atom.